The first kappa shape index (κ1) is 19.4. The second-order valence-corrected chi connectivity index (χ2v) is 6.44. The Morgan fingerprint density at radius 2 is 2.04 bits per heavy atom. The molecule has 1 saturated carbocycles. The van der Waals surface area contributed by atoms with E-state index >= 15 is 0 Å². The van der Waals surface area contributed by atoms with Crippen molar-refractivity contribution in [2.75, 3.05) is 20.1 Å². The SMILES string of the molecule is C/C=C(\C=NC)C1CN=C2C=CC(=NCC3CCCCC3)NN21.CC. The van der Waals surface area contributed by atoms with E-state index in [1.807, 2.05) is 33.1 Å². The number of nitrogens with one attached hydrogen (secondary N) is 1. The highest BCUT2D eigenvalue weighted by Gasteiger charge is 2.31. The molecule has 1 unspecified atom stereocenters. The summed E-state index contributed by atoms with van der Waals surface area (Å²) >= 11 is 0. The Hall–Kier alpha value is -1.91. The molecular formula is C20H33N5. The maximum Gasteiger partial charge on any atom is 0.143 e. The fourth-order valence-electron chi connectivity index (χ4n) is 3.52. The van der Waals surface area contributed by atoms with Gasteiger partial charge in [-0.3, -0.25) is 25.4 Å². The van der Waals surface area contributed by atoms with Gasteiger partial charge in [0.05, 0.1) is 12.6 Å². The summed E-state index contributed by atoms with van der Waals surface area (Å²) in [5, 5.41) is 2.12. The lowest BCUT2D eigenvalue weighted by Crippen LogP contribution is -2.51. The van der Waals surface area contributed by atoms with Gasteiger partial charge in [0.2, 0.25) is 0 Å². The second-order valence-electron chi connectivity index (χ2n) is 6.44. The quantitative estimate of drug-likeness (QED) is 0.790. The molecule has 0 aromatic rings. The molecule has 0 radical (unpaired) electrons. The Kier molecular flexibility index (Phi) is 7.89. The van der Waals surface area contributed by atoms with Gasteiger partial charge in [0, 0.05) is 19.8 Å². The second kappa shape index (κ2) is 10.2. The van der Waals surface area contributed by atoms with E-state index in [0.29, 0.717) is 0 Å². The van der Waals surface area contributed by atoms with Gasteiger partial charge in [-0.05, 0) is 43.4 Å². The standard InChI is InChI=1S/C18H27N5.C2H6/c1-3-15(12-19-2)16-13-21-18-10-9-17(22-23(16)18)20-11-14-7-5-4-6-8-14;1-2/h3,9-10,12,14,16H,4-8,11,13H2,1-2H3,(H,20,22);1-2H3/b15-3+,19-12?;. The van der Waals surface area contributed by atoms with Crippen LogP contribution in [0.15, 0.2) is 38.8 Å². The molecule has 3 aliphatic rings. The third-order valence-electron chi connectivity index (χ3n) is 4.85. The third-order valence-corrected chi connectivity index (χ3v) is 4.85. The first-order chi connectivity index (χ1) is 12.3. The molecule has 0 amide bonds. The van der Waals surface area contributed by atoms with Crippen LogP contribution in [0.3, 0.4) is 0 Å². The summed E-state index contributed by atoms with van der Waals surface area (Å²) in [4.78, 5) is 13.6. The number of amidine groups is 2. The molecule has 5 nitrogen and oxygen atoms in total. The van der Waals surface area contributed by atoms with Crippen LogP contribution in [0.5, 0.6) is 0 Å². The molecule has 0 bridgehead atoms. The summed E-state index contributed by atoms with van der Waals surface area (Å²) < 4.78 is 0. The van der Waals surface area contributed by atoms with E-state index in [1.165, 1.54) is 37.7 Å². The monoisotopic (exact) mass is 343 g/mol. The fourth-order valence-corrected chi connectivity index (χ4v) is 3.52. The number of rotatable bonds is 4. The highest BCUT2D eigenvalue weighted by molar-refractivity contribution is 6.07. The van der Waals surface area contributed by atoms with Gasteiger partial charge < -0.3 is 0 Å². The van der Waals surface area contributed by atoms with Crippen molar-refractivity contribution in [2.24, 2.45) is 20.9 Å². The first-order valence-electron chi connectivity index (χ1n) is 9.73. The van der Waals surface area contributed by atoms with Crippen LogP contribution in [-0.4, -0.2) is 49.1 Å². The number of aliphatic imine (C=N–C) groups is 3. The number of nitrogens with zero attached hydrogens (tertiary/aromatic N) is 4. The highest BCUT2D eigenvalue weighted by Crippen LogP contribution is 2.24. The molecule has 3 rings (SSSR count). The molecule has 138 valence electrons. The molecule has 1 fully saturated rings. The normalized spacial score (nSPS) is 25.5. The van der Waals surface area contributed by atoms with Crippen LogP contribution in [0.25, 0.3) is 0 Å². The van der Waals surface area contributed by atoms with Gasteiger partial charge in [-0.15, -0.1) is 0 Å². The molecule has 2 heterocycles. The number of fused-ring (bicyclic) bond motifs is 1. The van der Waals surface area contributed by atoms with E-state index in [2.05, 4.69) is 32.6 Å². The van der Waals surface area contributed by atoms with Gasteiger partial charge in [0.25, 0.3) is 0 Å². The average Bonchev–Trinajstić information content (AvgIpc) is 3.10. The highest BCUT2D eigenvalue weighted by atomic mass is 15.6. The largest absolute Gasteiger partial charge is 0.296 e. The number of hydrogen-bond donors (Lipinski definition) is 1. The van der Waals surface area contributed by atoms with Crippen molar-refractivity contribution in [1.82, 2.24) is 10.4 Å². The topological polar surface area (TPSA) is 52.4 Å². The summed E-state index contributed by atoms with van der Waals surface area (Å²) in [6, 6.07) is 0.198. The average molecular weight is 344 g/mol. The number of allylic oxidation sites excluding steroid dienone is 1. The van der Waals surface area contributed by atoms with E-state index in [4.69, 9.17) is 4.99 Å². The molecule has 5 heteroatoms. The van der Waals surface area contributed by atoms with Gasteiger partial charge in [0.1, 0.15) is 11.7 Å². The van der Waals surface area contributed by atoms with Gasteiger partial charge >= 0.3 is 0 Å². The summed E-state index contributed by atoms with van der Waals surface area (Å²) in [6.45, 7) is 7.74. The molecular weight excluding hydrogens is 310 g/mol. The predicted molar refractivity (Wildman–Crippen MR) is 109 cm³/mol. The van der Waals surface area contributed by atoms with Crippen molar-refractivity contribution in [3.8, 4) is 0 Å². The van der Waals surface area contributed by atoms with Crippen LogP contribution in [0.4, 0.5) is 0 Å². The van der Waals surface area contributed by atoms with E-state index in [-0.39, 0.29) is 6.04 Å². The predicted octanol–water partition coefficient (Wildman–Crippen LogP) is 3.80. The van der Waals surface area contributed by atoms with Crippen molar-refractivity contribution in [1.29, 1.82) is 0 Å². The summed E-state index contributed by atoms with van der Waals surface area (Å²) in [7, 11) is 1.81. The number of hydrazine groups is 1. The molecule has 0 aromatic heterocycles. The molecule has 0 saturated heterocycles. The maximum atomic E-state index is 4.80. The molecule has 0 aromatic carbocycles. The Morgan fingerprint density at radius 1 is 1.28 bits per heavy atom. The van der Waals surface area contributed by atoms with E-state index < -0.39 is 0 Å². The van der Waals surface area contributed by atoms with Crippen molar-refractivity contribution in [3.05, 3.63) is 23.8 Å². The summed E-state index contributed by atoms with van der Waals surface area (Å²) in [5.41, 5.74) is 4.62. The van der Waals surface area contributed by atoms with Crippen molar-refractivity contribution < 1.29 is 0 Å². The van der Waals surface area contributed by atoms with Crippen LogP contribution in [0.1, 0.15) is 52.9 Å². The molecule has 2 aliphatic heterocycles. The van der Waals surface area contributed by atoms with Crippen LogP contribution < -0.4 is 5.43 Å². The molecule has 1 N–H and O–H groups in total. The van der Waals surface area contributed by atoms with E-state index in [1.54, 1.807) is 7.05 Å². The lowest BCUT2D eigenvalue weighted by atomic mass is 9.89. The minimum absolute atomic E-state index is 0.198. The minimum Gasteiger partial charge on any atom is -0.296 e. The zero-order chi connectivity index (χ0) is 18.1. The molecule has 0 spiro atoms. The lowest BCUT2D eigenvalue weighted by molar-refractivity contribution is 0.340. The number of hydrogen-bond acceptors (Lipinski definition) is 4. The van der Waals surface area contributed by atoms with Gasteiger partial charge in [0.15, 0.2) is 0 Å². The summed E-state index contributed by atoms with van der Waals surface area (Å²) in [6.07, 6.45) is 14.9. The van der Waals surface area contributed by atoms with Gasteiger partial charge in [-0.25, -0.2) is 0 Å². The lowest BCUT2D eigenvalue weighted by Gasteiger charge is -2.31. The zero-order valence-electron chi connectivity index (χ0n) is 16.2. The van der Waals surface area contributed by atoms with Crippen LogP contribution in [-0.2, 0) is 0 Å². The van der Waals surface area contributed by atoms with Gasteiger partial charge in [-0.2, -0.15) is 0 Å². The van der Waals surface area contributed by atoms with E-state index in [9.17, 15) is 0 Å². The molecule has 1 aliphatic carbocycles. The van der Waals surface area contributed by atoms with E-state index in [0.717, 1.165) is 30.7 Å². The van der Waals surface area contributed by atoms with Crippen molar-refractivity contribution >= 4 is 17.9 Å². The molecule has 1 atom stereocenters. The Morgan fingerprint density at radius 3 is 2.72 bits per heavy atom. The van der Waals surface area contributed by atoms with Crippen LogP contribution >= 0.6 is 0 Å². The minimum atomic E-state index is 0.198. The zero-order valence-corrected chi connectivity index (χ0v) is 16.2. The third kappa shape index (κ3) is 5.03. The molecule has 25 heavy (non-hydrogen) atoms. The van der Waals surface area contributed by atoms with Gasteiger partial charge in [-0.1, -0.05) is 39.2 Å². The van der Waals surface area contributed by atoms with Crippen LogP contribution in [0, 0.1) is 5.92 Å². The van der Waals surface area contributed by atoms with Crippen molar-refractivity contribution in [2.45, 2.75) is 58.9 Å². The first-order valence-corrected chi connectivity index (χ1v) is 9.73. The smallest absolute Gasteiger partial charge is 0.143 e. The Balaban J connectivity index is 0.00000109. The fraction of sp³-hybridized carbons (Fsp3) is 0.650. The maximum absolute atomic E-state index is 4.80. The van der Waals surface area contributed by atoms with Crippen molar-refractivity contribution in [3.63, 3.8) is 0 Å². The Labute approximate surface area is 152 Å². The Bertz CT molecular complexity index is 565. The van der Waals surface area contributed by atoms with Crippen LogP contribution in [0.2, 0.25) is 0 Å². The summed E-state index contributed by atoms with van der Waals surface area (Å²) in [5.74, 6) is 2.69.